The third-order valence-corrected chi connectivity index (χ3v) is 4.21. The standard InChI is InChI=1S/C15H21NO7/c1-7-11(19)10(6-17)22-15(12(7)20)23-14-8(4-5-16)2-3-9(18)13(14)21/h2-4,7,9-15,17-21H,6H2,1H3/b8-4+/t7-,9+,10+,11-,12+,13-,14-,15-/m0/s1. The van der Waals surface area contributed by atoms with Crippen molar-refractivity contribution >= 4 is 0 Å². The Labute approximate surface area is 133 Å². The van der Waals surface area contributed by atoms with Crippen LogP contribution in [-0.4, -0.2) is 75.1 Å². The predicted molar refractivity (Wildman–Crippen MR) is 76.6 cm³/mol. The van der Waals surface area contributed by atoms with Crippen molar-refractivity contribution in [3.8, 4) is 6.07 Å². The second kappa shape index (κ2) is 7.51. The van der Waals surface area contributed by atoms with Gasteiger partial charge in [0.2, 0.25) is 0 Å². The van der Waals surface area contributed by atoms with Gasteiger partial charge in [0.25, 0.3) is 0 Å². The Morgan fingerprint density at radius 2 is 1.96 bits per heavy atom. The summed E-state index contributed by atoms with van der Waals surface area (Å²) in [6.45, 7) is 1.11. The molecule has 1 fully saturated rings. The van der Waals surface area contributed by atoms with E-state index in [1.807, 2.05) is 6.07 Å². The van der Waals surface area contributed by atoms with Gasteiger partial charge >= 0.3 is 0 Å². The van der Waals surface area contributed by atoms with Crippen LogP contribution in [0.3, 0.4) is 0 Å². The summed E-state index contributed by atoms with van der Waals surface area (Å²) in [5, 5.41) is 57.9. The van der Waals surface area contributed by atoms with E-state index >= 15 is 0 Å². The zero-order valence-corrected chi connectivity index (χ0v) is 12.6. The fourth-order valence-electron chi connectivity index (χ4n) is 2.69. The molecule has 0 amide bonds. The molecule has 8 nitrogen and oxygen atoms in total. The van der Waals surface area contributed by atoms with Gasteiger partial charge in [0.15, 0.2) is 6.29 Å². The van der Waals surface area contributed by atoms with Gasteiger partial charge in [-0.15, -0.1) is 0 Å². The van der Waals surface area contributed by atoms with Crippen molar-refractivity contribution in [1.29, 1.82) is 5.26 Å². The summed E-state index contributed by atoms with van der Waals surface area (Å²) in [5.41, 5.74) is 0.320. The van der Waals surface area contributed by atoms with E-state index in [1.165, 1.54) is 12.2 Å². The van der Waals surface area contributed by atoms with Gasteiger partial charge in [-0.1, -0.05) is 19.1 Å². The van der Waals surface area contributed by atoms with Crippen molar-refractivity contribution in [3.05, 3.63) is 23.8 Å². The molecule has 8 atom stereocenters. The fraction of sp³-hybridized carbons (Fsp3) is 0.667. The third kappa shape index (κ3) is 3.62. The van der Waals surface area contributed by atoms with Gasteiger partial charge < -0.3 is 35.0 Å². The monoisotopic (exact) mass is 327 g/mol. The first kappa shape index (κ1) is 18.0. The minimum absolute atomic E-state index is 0.320. The van der Waals surface area contributed by atoms with Gasteiger partial charge in [-0.05, 0) is 5.57 Å². The smallest absolute Gasteiger partial charge is 0.185 e. The summed E-state index contributed by atoms with van der Waals surface area (Å²) < 4.78 is 10.9. The molecule has 0 aromatic rings. The maximum Gasteiger partial charge on any atom is 0.185 e. The van der Waals surface area contributed by atoms with E-state index in [0.717, 1.165) is 6.08 Å². The molecule has 8 heteroatoms. The summed E-state index contributed by atoms with van der Waals surface area (Å²) in [4.78, 5) is 0. The van der Waals surface area contributed by atoms with Crippen molar-refractivity contribution in [2.45, 2.75) is 49.8 Å². The minimum atomic E-state index is -1.34. The highest BCUT2D eigenvalue weighted by Crippen LogP contribution is 2.30. The van der Waals surface area contributed by atoms with Crippen molar-refractivity contribution in [3.63, 3.8) is 0 Å². The number of aliphatic hydroxyl groups is 5. The van der Waals surface area contributed by atoms with Crippen LogP contribution in [0.1, 0.15) is 6.92 Å². The van der Waals surface area contributed by atoms with Gasteiger partial charge in [-0.25, -0.2) is 0 Å². The fourth-order valence-corrected chi connectivity index (χ4v) is 2.69. The Bertz CT molecular complexity index is 512. The van der Waals surface area contributed by atoms with Crippen LogP contribution >= 0.6 is 0 Å². The topological polar surface area (TPSA) is 143 Å². The molecule has 23 heavy (non-hydrogen) atoms. The number of rotatable bonds is 3. The lowest BCUT2D eigenvalue weighted by Crippen LogP contribution is -2.57. The first-order valence-corrected chi connectivity index (χ1v) is 7.32. The molecule has 2 rings (SSSR count). The Balaban J connectivity index is 2.20. The van der Waals surface area contributed by atoms with Gasteiger partial charge in [-0.3, -0.25) is 0 Å². The quantitative estimate of drug-likeness (QED) is 0.382. The third-order valence-electron chi connectivity index (χ3n) is 4.21. The molecular weight excluding hydrogens is 306 g/mol. The number of ether oxygens (including phenoxy) is 2. The molecule has 1 saturated heterocycles. The molecule has 0 bridgehead atoms. The molecule has 0 aromatic carbocycles. The van der Waals surface area contributed by atoms with E-state index in [0.29, 0.717) is 5.57 Å². The number of hydrogen-bond donors (Lipinski definition) is 5. The number of allylic oxidation sites excluding steroid dienone is 1. The molecule has 1 aliphatic heterocycles. The molecule has 1 aliphatic carbocycles. The van der Waals surface area contributed by atoms with E-state index in [1.54, 1.807) is 6.92 Å². The molecular formula is C15H21NO7. The first-order chi connectivity index (χ1) is 10.9. The molecule has 5 N–H and O–H groups in total. The van der Waals surface area contributed by atoms with Gasteiger partial charge in [0.1, 0.15) is 30.5 Å². The maximum absolute atomic E-state index is 10.2. The molecule has 0 spiro atoms. The van der Waals surface area contributed by atoms with Crippen LogP contribution in [0, 0.1) is 17.2 Å². The van der Waals surface area contributed by atoms with Gasteiger partial charge in [0.05, 0.1) is 18.8 Å². The predicted octanol–water partition coefficient (Wildman–Crippen LogP) is -1.81. The van der Waals surface area contributed by atoms with E-state index in [9.17, 15) is 25.5 Å². The van der Waals surface area contributed by atoms with Crippen LogP contribution in [-0.2, 0) is 9.47 Å². The second-order valence-corrected chi connectivity index (χ2v) is 5.74. The highest BCUT2D eigenvalue weighted by Gasteiger charge is 2.45. The van der Waals surface area contributed by atoms with Crippen LogP contribution in [0.4, 0.5) is 0 Å². The zero-order chi connectivity index (χ0) is 17.1. The van der Waals surface area contributed by atoms with E-state index < -0.39 is 55.4 Å². The van der Waals surface area contributed by atoms with Crippen molar-refractivity contribution in [1.82, 2.24) is 0 Å². The Kier molecular flexibility index (Phi) is 5.89. The van der Waals surface area contributed by atoms with E-state index in [4.69, 9.17) is 14.7 Å². The molecule has 0 radical (unpaired) electrons. The lowest BCUT2D eigenvalue weighted by atomic mass is 9.90. The van der Waals surface area contributed by atoms with Crippen molar-refractivity contribution in [2.24, 2.45) is 5.92 Å². The second-order valence-electron chi connectivity index (χ2n) is 5.74. The van der Waals surface area contributed by atoms with E-state index in [-0.39, 0.29) is 0 Å². The molecule has 0 unspecified atom stereocenters. The van der Waals surface area contributed by atoms with Crippen LogP contribution in [0.25, 0.3) is 0 Å². The summed E-state index contributed by atoms with van der Waals surface area (Å²) in [5.74, 6) is -0.629. The Morgan fingerprint density at radius 1 is 1.26 bits per heavy atom. The molecule has 0 saturated carbocycles. The van der Waals surface area contributed by atoms with Crippen LogP contribution < -0.4 is 0 Å². The van der Waals surface area contributed by atoms with Crippen LogP contribution in [0.15, 0.2) is 23.8 Å². The molecule has 128 valence electrons. The normalized spacial score (nSPS) is 45.9. The molecule has 0 aromatic heterocycles. The lowest BCUT2D eigenvalue weighted by molar-refractivity contribution is -0.303. The average Bonchev–Trinajstić information content (AvgIpc) is 2.54. The largest absolute Gasteiger partial charge is 0.394 e. The summed E-state index contributed by atoms with van der Waals surface area (Å²) in [6, 6.07) is 1.82. The zero-order valence-electron chi connectivity index (χ0n) is 12.6. The van der Waals surface area contributed by atoms with E-state index in [2.05, 4.69) is 0 Å². The summed E-state index contributed by atoms with van der Waals surface area (Å²) >= 11 is 0. The average molecular weight is 327 g/mol. The highest BCUT2D eigenvalue weighted by molar-refractivity contribution is 5.34. The molecule has 2 aliphatic rings. The minimum Gasteiger partial charge on any atom is -0.394 e. The van der Waals surface area contributed by atoms with Gasteiger partial charge in [-0.2, -0.15) is 5.26 Å². The van der Waals surface area contributed by atoms with Crippen molar-refractivity contribution < 1.29 is 35.0 Å². The highest BCUT2D eigenvalue weighted by atomic mass is 16.7. The maximum atomic E-state index is 10.2. The van der Waals surface area contributed by atoms with Crippen molar-refractivity contribution in [2.75, 3.05) is 6.61 Å². The van der Waals surface area contributed by atoms with Crippen LogP contribution in [0.5, 0.6) is 0 Å². The molecule has 1 heterocycles. The Morgan fingerprint density at radius 3 is 2.57 bits per heavy atom. The summed E-state index contributed by atoms with van der Waals surface area (Å²) in [6.07, 6.45) is -4.12. The summed E-state index contributed by atoms with van der Waals surface area (Å²) in [7, 11) is 0. The number of aliphatic hydroxyl groups excluding tert-OH is 5. The first-order valence-electron chi connectivity index (χ1n) is 7.32. The number of nitriles is 1. The van der Waals surface area contributed by atoms with Crippen LogP contribution in [0.2, 0.25) is 0 Å². The lowest BCUT2D eigenvalue weighted by Gasteiger charge is -2.43. The number of nitrogens with zero attached hydrogens (tertiary/aromatic N) is 1. The number of hydrogen-bond acceptors (Lipinski definition) is 8. The SMILES string of the molecule is C[C@@H]1[C@@H](O)[C@H](O[C@H]2/C(=C/C#N)C=C[C@@H](O)[C@@H]2O)O[C@H](CO)[C@H]1O. The van der Waals surface area contributed by atoms with Gasteiger partial charge in [0, 0.05) is 12.0 Å². The Hall–Kier alpha value is -1.31.